The minimum Gasteiger partial charge on any atom is -0.486 e. The maximum Gasteiger partial charge on any atom is 0.220 e. The van der Waals surface area contributed by atoms with Gasteiger partial charge < -0.3 is 14.8 Å². The van der Waals surface area contributed by atoms with E-state index in [0.717, 1.165) is 20.9 Å². The number of aryl methyl sites for hydroxylation is 2. The highest BCUT2D eigenvalue weighted by atomic mass is 35.5. The van der Waals surface area contributed by atoms with Gasteiger partial charge in [-0.05, 0) is 37.6 Å². The Bertz CT molecular complexity index is 846. The first kappa shape index (κ1) is 18.7. The van der Waals surface area contributed by atoms with Gasteiger partial charge in [0, 0.05) is 34.7 Å². The smallest absolute Gasteiger partial charge is 0.220 e. The lowest BCUT2D eigenvalue weighted by molar-refractivity contribution is -0.121. The van der Waals surface area contributed by atoms with Crippen LogP contribution < -0.4 is 14.8 Å². The van der Waals surface area contributed by atoms with Gasteiger partial charge >= 0.3 is 0 Å². The summed E-state index contributed by atoms with van der Waals surface area (Å²) in [5.41, 5.74) is 1.54. The fourth-order valence-corrected chi connectivity index (χ4v) is 4.06. The number of thiophene rings is 1. The zero-order chi connectivity index (χ0) is 18.7. The molecule has 1 aromatic heterocycles. The minimum absolute atomic E-state index is 0.00405. The topological polar surface area (TPSA) is 64.6 Å². The van der Waals surface area contributed by atoms with Crippen LogP contribution in [0.3, 0.4) is 0 Å². The number of ether oxygens (including phenoxy) is 2. The van der Waals surface area contributed by atoms with E-state index in [9.17, 15) is 9.59 Å². The molecular formula is C19H20ClNO4S. The van der Waals surface area contributed by atoms with Crippen molar-refractivity contribution in [3.8, 4) is 11.5 Å². The number of rotatable bonds is 6. The standard InChI is InChI=1S/C19H20ClNO4S/c1-11-7-14(12(2)26-11)16(22)3-4-18(23)21-10-13-8-15(20)19-17(9-13)24-5-6-25-19/h7-9H,3-6,10H2,1-2H3,(H,21,23). The number of hydrogen-bond donors (Lipinski definition) is 1. The molecule has 1 aliphatic rings. The van der Waals surface area contributed by atoms with Gasteiger partial charge in [-0.15, -0.1) is 11.3 Å². The van der Waals surface area contributed by atoms with Crippen LogP contribution in [0.5, 0.6) is 11.5 Å². The third kappa shape index (κ3) is 4.37. The number of carbonyl (C=O) groups excluding carboxylic acids is 2. The number of benzene rings is 1. The average molecular weight is 394 g/mol. The zero-order valence-corrected chi connectivity index (χ0v) is 16.3. The van der Waals surface area contributed by atoms with E-state index < -0.39 is 0 Å². The molecule has 0 radical (unpaired) electrons. The summed E-state index contributed by atoms with van der Waals surface area (Å²) < 4.78 is 11.0. The van der Waals surface area contributed by atoms with Crippen molar-refractivity contribution < 1.29 is 19.1 Å². The molecule has 5 nitrogen and oxygen atoms in total. The average Bonchev–Trinajstić information content (AvgIpc) is 2.96. The van der Waals surface area contributed by atoms with Gasteiger partial charge in [-0.1, -0.05) is 11.6 Å². The highest BCUT2D eigenvalue weighted by Crippen LogP contribution is 2.38. The third-order valence-electron chi connectivity index (χ3n) is 4.07. The van der Waals surface area contributed by atoms with Crippen molar-refractivity contribution in [3.63, 3.8) is 0 Å². The monoisotopic (exact) mass is 393 g/mol. The molecule has 1 aromatic carbocycles. The normalized spacial score (nSPS) is 12.7. The molecule has 0 bridgehead atoms. The quantitative estimate of drug-likeness (QED) is 0.751. The van der Waals surface area contributed by atoms with E-state index in [2.05, 4.69) is 5.32 Å². The van der Waals surface area contributed by atoms with Gasteiger partial charge in [-0.25, -0.2) is 0 Å². The molecule has 2 heterocycles. The van der Waals surface area contributed by atoms with Gasteiger partial charge in [-0.3, -0.25) is 9.59 Å². The van der Waals surface area contributed by atoms with E-state index in [-0.39, 0.29) is 24.5 Å². The molecule has 0 saturated carbocycles. The lowest BCUT2D eigenvalue weighted by Crippen LogP contribution is -2.23. The lowest BCUT2D eigenvalue weighted by atomic mass is 10.1. The summed E-state index contributed by atoms with van der Waals surface area (Å²) in [5.74, 6) is 0.963. The van der Waals surface area contributed by atoms with E-state index in [0.29, 0.717) is 36.3 Å². The van der Waals surface area contributed by atoms with Gasteiger partial charge in [0.15, 0.2) is 17.3 Å². The third-order valence-corrected chi connectivity index (χ3v) is 5.31. The first-order chi connectivity index (χ1) is 12.4. The van der Waals surface area contributed by atoms with Crippen LogP contribution in [0.25, 0.3) is 0 Å². The fourth-order valence-electron chi connectivity index (χ4n) is 2.82. The Balaban J connectivity index is 1.52. The SMILES string of the molecule is Cc1cc(C(=O)CCC(=O)NCc2cc(Cl)c3c(c2)OCCO3)c(C)s1. The highest BCUT2D eigenvalue weighted by molar-refractivity contribution is 7.12. The lowest BCUT2D eigenvalue weighted by Gasteiger charge is -2.20. The van der Waals surface area contributed by atoms with Crippen LogP contribution in [0, 0.1) is 13.8 Å². The number of Topliss-reactive ketones (excluding diaryl/α,β-unsaturated/α-hetero) is 1. The molecule has 0 aliphatic carbocycles. The molecule has 7 heteroatoms. The first-order valence-corrected chi connectivity index (χ1v) is 9.58. The van der Waals surface area contributed by atoms with Crippen molar-refractivity contribution in [2.24, 2.45) is 0 Å². The molecule has 2 aromatic rings. The molecule has 1 aliphatic heterocycles. The van der Waals surface area contributed by atoms with Crippen LogP contribution in [-0.4, -0.2) is 24.9 Å². The van der Waals surface area contributed by atoms with Gasteiger partial charge in [-0.2, -0.15) is 0 Å². The number of carbonyl (C=O) groups is 2. The van der Waals surface area contributed by atoms with Crippen molar-refractivity contribution >= 4 is 34.6 Å². The maximum atomic E-state index is 12.2. The second kappa shape index (κ2) is 8.10. The molecule has 138 valence electrons. The van der Waals surface area contributed by atoms with Crippen molar-refractivity contribution in [1.29, 1.82) is 0 Å². The van der Waals surface area contributed by atoms with E-state index in [4.69, 9.17) is 21.1 Å². The van der Waals surface area contributed by atoms with Crippen LogP contribution in [0.1, 0.15) is 38.5 Å². The maximum absolute atomic E-state index is 12.2. The number of halogens is 1. The number of fused-ring (bicyclic) bond motifs is 1. The van der Waals surface area contributed by atoms with Crippen molar-refractivity contribution in [3.05, 3.63) is 44.1 Å². The second-order valence-electron chi connectivity index (χ2n) is 6.13. The molecule has 0 fully saturated rings. The minimum atomic E-state index is -0.172. The highest BCUT2D eigenvalue weighted by Gasteiger charge is 2.17. The summed E-state index contributed by atoms with van der Waals surface area (Å²) in [4.78, 5) is 26.4. The summed E-state index contributed by atoms with van der Waals surface area (Å²) in [7, 11) is 0. The van der Waals surface area contributed by atoms with E-state index in [1.807, 2.05) is 26.0 Å². The molecule has 0 saturated heterocycles. The van der Waals surface area contributed by atoms with Crippen LogP contribution in [0.15, 0.2) is 18.2 Å². The fraction of sp³-hybridized carbons (Fsp3) is 0.368. The van der Waals surface area contributed by atoms with E-state index in [1.54, 1.807) is 17.4 Å². The summed E-state index contributed by atoms with van der Waals surface area (Å²) in [6.45, 7) is 5.17. The number of nitrogens with one attached hydrogen (secondary N) is 1. The Hall–Kier alpha value is -2.05. The van der Waals surface area contributed by atoms with Crippen LogP contribution in [0.2, 0.25) is 5.02 Å². The molecule has 1 amide bonds. The van der Waals surface area contributed by atoms with Crippen molar-refractivity contribution in [1.82, 2.24) is 5.32 Å². The number of ketones is 1. The van der Waals surface area contributed by atoms with Crippen molar-refractivity contribution in [2.75, 3.05) is 13.2 Å². The molecule has 1 N–H and O–H groups in total. The molecule has 0 unspecified atom stereocenters. The number of amides is 1. The summed E-state index contributed by atoms with van der Waals surface area (Å²) >= 11 is 7.78. The predicted molar refractivity (Wildman–Crippen MR) is 102 cm³/mol. The Morgan fingerprint density at radius 1 is 1.15 bits per heavy atom. The summed E-state index contributed by atoms with van der Waals surface area (Å²) in [6, 6.07) is 5.44. The summed E-state index contributed by atoms with van der Waals surface area (Å²) in [6.07, 6.45) is 0.357. The van der Waals surface area contributed by atoms with Crippen LogP contribution in [-0.2, 0) is 11.3 Å². The first-order valence-electron chi connectivity index (χ1n) is 8.39. The Morgan fingerprint density at radius 2 is 1.92 bits per heavy atom. The Labute approximate surface area is 161 Å². The zero-order valence-electron chi connectivity index (χ0n) is 14.7. The Kier molecular flexibility index (Phi) is 5.84. The number of hydrogen-bond acceptors (Lipinski definition) is 5. The second-order valence-corrected chi connectivity index (χ2v) is 8.00. The Morgan fingerprint density at radius 3 is 2.65 bits per heavy atom. The molecule has 0 spiro atoms. The molecular weight excluding hydrogens is 374 g/mol. The molecule has 0 atom stereocenters. The van der Waals surface area contributed by atoms with Gasteiger partial charge in [0.2, 0.25) is 5.91 Å². The van der Waals surface area contributed by atoms with Gasteiger partial charge in [0.25, 0.3) is 0 Å². The molecule has 3 rings (SSSR count). The van der Waals surface area contributed by atoms with E-state index in [1.165, 1.54) is 0 Å². The van der Waals surface area contributed by atoms with Crippen LogP contribution >= 0.6 is 22.9 Å². The van der Waals surface area contributed by atoms with Crippen LogP contribution in [0.4, 0.5) is 0 Å². The van der Waals surface area contributed by atoms with E-state index >= 15 is 0 Å². The largest absolute Gasteiger partial charge is 0.486 e. The predicted octanol–water partition coefficient (Wildman–Crippen LogP) is 4.07. The molecule has 26 heavy (non-hydrogen) atoms. The van der Waals surface area contributed by atoms with Gasteiger partial charge in [0.1, 0.15) is 13.2 Å². The summed E-state index contributed by atoms with van der Waals surface area (Å²) in [5, 5.41) is 3.28. The van der Waals surface area contributed by atoms with Gasteiger partial charge in [0.05, 0.1) is 5.02 Å². The van der Waals surface area contributed by atoms with Crippen molar-refractivity contribution in [2.45, 2.75) is 33.2 Å².